The Balaban J connectivity index is 1.89. The number of nitrogens with zero attached hydrogens (tertiary/aromatic N) is 4. The maximum absolute atomic E-state index is 11.5. The highest BCUT2D eigenvalue weighted by molar-refractivity contribution is 6.68. The Bertz CT molecular complexity index is 776. The van der Waals surface area contributed by atoms with Crippen LogP contribution in [0.25, 0.3) is 5.95 Å². The highest BCUT2D eigenvalue weighted by Gasteiger charge is 2.15. The van der Waals surface area contributed by atoms with Gasteiger partial charge in [-0.25, -0.2) is 9.67 Å². The largest absolute Gasteiger partial charge is 0.472 e. The van der Waals surface area contributed by atoms with E-state index in [1.54, 1.807) is 18.5 Å². The molecule has 0 N–H and O–H groups in total. The van der Waals surface area contributed by atoms with Crippen molar-refractivity contribution in [2.24, 2.45) is 0 Å². The minimum Gasteiger partial charge on any atom is -0.472 e. The van der Waals surface area contributed by atoms with Crippen molar-refractivity contribution in [1.82, 2.24) is 19.7 Å². The van der Waals surface area contributed by atoms with Crippen LogP contribution in [-0.2, 0) is 6.61 Å². The van der Waals surface area contributed by atoms with Gasteiger partial charge in [-0.1, -0.05) is 30.3 Å². The van der Waals surface area contributed by atoms with E-state index in [0.29, 0.717) is 5.95 Å². The summed E-state index contributed by atoms with van der Waals surface area (Å²) < 4.78 is 7.10. The lowest BCUT2D eigenvalue weighted by molar-refractivity contribution is 0.107. The second kappa shape index (κ2) is 6.36. The van der Waals surface area contributed by atoms with E-state index in [1.165, 1.54) is 10.9 Å². The third-order valence-electron chi connectivity index (χ3n) is 2.88. The number of ether oxygens (including phenoxy) is 1. The SMILES string of the molecule is O=C(Cl)c1cnc(-n2cccn2)nc1OCc1ccccc1. The molecule has 2 aromatic heterocycles. The van der Waals surface area contributed by atoms with Gasteiger partial charge in [-0.05, 0) is 23.2 Å². The van der Waals surface area contributed by atoms with Crippen LogP contribution in [0.4, 0.5) is 0 Å². The van der Waals surface area contributed by atoms with Gasteiger partial charge in [0.2, 0.25) is 5.88 Å². The molecule has 2 heterocycles. The van der Waals surface area contributed by atoms with E-state index in [0.717, 1.165) is 5.56 Å². The maximum Gasteiger partial charge on any atom is 0.259 e. The number of aromatic nitrogens is 4. The second-order valence-corrected chi connectivity index (χ2v) is 4.73. The number of carbonyl (C=O) groups excluding carboxylic acids is 1. The minimum atomic E-state index is -0.671. The molecule has 0 amide bonds. The minimum absolute atomic E-state index is 0.119. The highest BCUT2D eigenvalue weighted by atomic mass is 35.5. The van der Waals surface area contributed by atoms with Gasteiger partial charge in [0.15, 0.2) is 0 Å². The van der Waals surface area contributed by atoms with Crippen molar-refractivity contribution in [2.75, 3.05) is 0 Å². The van der Waals surface area contributed by atoms with E-state index in [-0.39, 0.29) is 18.1 Å². The number of benzene rings is 1. The molecule has 0 unspecified atom stereocenters. The zero-order chi connectivity index (χ0) is 15.4. The monoisotopic (exact) mass is 314 g/mol. The lowest BCUT2D eigenvalue weighted by atomic mass is 10.2. The van der Waals surface area contributed by atoms with Gasteiger partial charge in [-0.2, -0.15) is 10.1 Å². The van der Waals surface area contributed by atoms with Crippen molar-refractivity contribution >= 4 is 16.8 Å². The third kappa shape index (κ3) is 3.12. The van der Waals surface area contributed by atoms with E-state index in [1.807, 2.05) is 30.3 Å². The van der Waals surface area contributed by atoms with Gasteiger partial charge in [0.25, 0.3) is 11.2 Å². The molecule has 3 aromatic rings. The van der Waals surface area contributed by atoms with Crippen LogP contribution in [0, 0.1) is 0 Å². The van der Waals surface area contributed by atoms with E-state index in [2.05, 4.69) is 15.1 Å². The molecule has 0 spiro atoms. The molecule has 0 aliphatic heterocycles. The highest BCUT2D eigenvalue weighted by Crippen LogP contribution is 2.19. The summed E-state index contributed by atoms with van der Waals surface area (Å²) in [5.41, 5.74) is 1.07. The van der Waals surface area contributed by atoms with Crippen LogP contribution in [0.5, 0.6) is 5.88 Å². The molecular formula is C15H11ClN4O2. The molecule has 1 aromatic carbocycles. The molecule has 110 valence electrons. The molecular weight excluding hydrogens is 304 g/mol. The quantitative estimate of drug-likeness (QED) is 0.677. The molecule has 0 saturated carbocycles. The summed E-state index contributed by atoms with van der Waals surface area (Å²) in [4.78, 5) is 19.7. The van der Waals surface area contributed by atoms with Crippen molar-refractivity contribution in [3.05, 3.63) is 66.1 Å². The number of hydrogen-bond acceptors (Lipinski definition) is 5. The Hall–Kier alpha value is -2.73. The Morgan fingerprint density at radius 3 is 2.73 bits per heavy atom. The summed E-state index contributed by atoms with van der Waals surface area (Å²) in [6.45, 7) is 0.271. The molecule has 3 rings (SSSR count). The van der Waals surface area contributed by atoms with Crippen molar-refractivity contribution < 1.29 is 9.53 Å². The first-order valence-electron chi connectivity index (χ1n) is 6.47. The Morgan fingerprint density at radius 1 is 1.23 bits per heavy atom. The number of rotatable bonds is 5. The van der Waals surface area contributed by atoms with E-state index < -0.39 is 5.24 Å². The Morgan fingerprint density at radius 2 is 2.05 bits per heavy atom. The first kappa shape index (κ1) is 14.2. The van der Waals surface area contributed by atoms with Crippen molar-refractivity contribution in [1.29, 1.82) is 0 Å². The third-order valence-corrected chi connectivity index (χ3v) is 3.08. The fraction of sp³-hybridized carbons (Fsp3) is 0.0667. The van der Waals surface area contributed by atoms with Crippen LogP contribution in [0.2, 0.25) is 0 Å². The summed E-state index contributed by atoms with van der Waals surface area (Å²) in [7, 11) is 0. The summed E-state index contributed by atoms with van der Waals surface area (Å²) in [5.74, 6) is 0.430. The molecule has 0 aliphatic carbocycles. The first-order valence-corrected chi connectivity index (χ1v) is 6.85. The average Bonchev–Trinajstić information content (AvgIpc) is 3.08. The van der Waals surface area contributed by atoms with Gasteiger partial charge in [0.05, 0.1) is 0 Å². The molecule has 0 atom stereocenters. The summed E-state index contributed by atoms with van der Waals surface area (Å²) in [5, 5.41) is 3.37. The first-order chi connectivity index (χ1) is 10.7. The molecule has 7 heteroatoms. The standard InChI is InChI=1S/C15H11ClN4O2/c16-13(21)12-9-17-15(20-8-4-7-18-20)19-14(12)22-10-11-5-2-1-3-6-11/h1-9H,10H2. The van der Waals surface area contributed by atoms with E-state index in [4.69, 9.17) is 16.3 Å². The molecule has 0 bridgehead atoms. The fourth-order valence-corrected chi connectivity index (χ4v) is 1.96. The summed E-state index contributed by atoms with van der Waals surface area (Å²) >= 11 is 5.55. The number of hydrogen-bond donors (Lipinski definition) is 0. The van der Waals surface area contributed by atoms with Crippen LogP contribution in [0.15, 0.2) is 55.0 Å². The van der Waals surface area contributed by atoms with Crippen LogP contribution < -0.4 is 4.74 Å². The maximum atomic E-state index is 11.5. The summed E-state index contributed by atoms with van der Waals surface area (Å²) in [6, 6.07) is 11.3. The van der Waals surface area contributed by atoms with Crippen molar-refractivity contribution in [2.45, 2.75) is 6.61 Å². The zero-order valence-corrected chi connectivity index (χ0v) is 12.1. The van der Waals surface area contributed by atoms with Gasteiger partial charge in [0.1, 0.15) is 12.2 Å². The predicted molar refractivity (Wildman–Crippen MR) is 80.1 cm³/mol. The smallest absolute Gasteiger partial charge is 0.259 e. The van der Waals surface area contributed by atoms with Crippen LogP contribution >= 0.6 is 11.6 Å². The van der Waals surface area contributed by atoms with Crippen LogP contribution in [0.3, 0.4) is 0 Å². The van der Waals surface area contributed by atoms with Crippen LogP contribution in [-0.4, -0.2) is 25.0 Å². The van der Waals surface area contributed by atoms with Gasteiger partial charge >= 0.3 is 0 Å². The molecule has 0 saturated heterocycles. The number of halogens is 1. The Kier molecular flexibility index (Phi) is 4.11. The fourth-order valence-electron chi connectivity index (χ4n) is 1.83. The van der Waals surface area contributed by atoms with E-state index >= 15 is 0 Å². The van der Waals surface area contributed by atoms with Gasteiger partial charge < -0.3 is 4.74 Å². The molecule has 0 radical (unpaired) electrons. The Labute approximate surface area is 131 Å². The van der Waals surface area contributed by atoms with Crippen molar-refractivity contribution in [3.63, 3.8) is 0 Å². The normalized spacial score (nSPS) is 10.4. The van der Waals surface area contributed by atoms with Gasteiger partial charge in [-0.3, -0.25) is 4.79 Å². The predicted octanol–water partition coefficient (Wildman–Crippen LogP) is 2.62. The van der Waals surface area contributed by atoms with E-state index in [9.17, 15) is 4.79 Å². The lowest BCUT2D eigenvalue weighted by Gasteiger charge is -2.09. The average molecular weight is 315 g/mol. The topological polar surface area (TPSA) is 69.9 Å². The summed E-state index contributed by atoms with van der Waals surface area (Å²) in [6.07, 6.45) is 4.63. The second-order valence-electron chi connectivity index (χ2n) is 4.39. The molecule has 0 fully saturated rings. The van der Waals surface area contributed by atoms with Crippen LogP contribution in [0.1, 0.15) is 15.9 Å². The molecule has 0 aliphatic rings. The molecule has 22 heavy (non-hydrogen) atoms. The van der Waals surface area contributed by atoms with Gasteiger partial charge in [-0.15, -0.1) is 0 Å². The van der Waals surface area contributed by atoms with Crippen molar-refractivity contribution in [3.8, 4) is 11.8 Å². The zero-order valence-electron chi connectivity index (χ0n) is 11.4. The lowest BCUT2D eigenvalue weighted by Crippen LogP contribution is -2.08. The van der Waals surface area contributed by atoms with Gasteiger partial charge in [0, 0.05) is 18.6 Å². The molecule has 6 nitrogen and oxygen atoms in total. The number of carbonyl (C=O) groups is 1.